The zero-order valence-corrected chi connectivity index (χ0v) is 22.2. The predicted octanol–water partition coefficient (Wildman–Crippen LogP) is 3.60. The minimum Gasteiger partial charge on any atom is -0.410 e. The molecule has 2 amide bonds. The number of nitriles is 1. The van der Waals surface area contributed by atoms with Crippen molar-refractivity contribution >= 4 is 28.9 Å². The third-order valence-corrected chi connectivity index (χ3v) is 7.68. The quantitative estimate of drug-likeness (QED) is 0.393. The van der Waals surface area contributed by atoms with Gasteiger partial charge in [-0.15, -0.1) is 0 Å². The normalized spacial score (nSPS) is 16.9. The van der Waals surface area contributed by atoms with Gasteiger partial charge in [0, 0.05) is 44.1 Å². The number of aromatic nitrogens is 3. The number of carbonyl (C=O) groups is 2. The van der Waals surface area contributed by atoms with Crippen LogP contribution in [0.1, 0.15) is 23.6 Å². The van der Waals surface area contributed by atoms with Crippen LogP contribution in [0.5, 0.6) is 5.75 Å². The number of piperazine rings is 1. The lowest BCUT2D eigenvalue weighted by Crippen LogP contribution is -2.55. The molecule has 4 aromatic rings. The van der Waals surface area contributed by atoms with Crippen LogP contribution in [0, 0.1) is 11.3 Å². The highest BCUT2D eigenvalue weighted by Gasteiger charge is 2.32. The van der Waals surface area contributed by atoms with Crippen LogP contribution in [-0.4, -0.2) is 68.6 Å². The molecule has 1 fully saturated rings. The van der Waals surface area contributed by atoms with Crippen molar-refractivity contribution in [1.82, 2.24) is 24.3 Å². The van der Waals surface area contributed by atoms with E-state index in [0.717, 1.165) is 22.3 Å². The SMILES string of the molecule is C[C@@H]1CN(c2ccc(C#N)c3c2CN(C(=O)Oc2ccccc2)CC3)CCN1C(=O)Cn1cnc2cccnc21. The van der Waals surface area contributed by atoms with Crippen molar-refractivity contribution in [2.45, 2.75) is 32.5 Å². The fraction of sp³-hybridized carbons (Fsp3) is 0.300. The van der Waals surface area contributed by atoms with Gasteiger partial charge in [0.1, 0.15) is 17.8 Å². The Balaban J connectivity index is 1.18. The van der Waals surface area contributed by atoms with Crippen molar-refractivity contribution in [1.29, 1.82) is 5.26 Å². The molecule has 0 unspecified atom stereocenters. The van der Waals surface area contributed by atoms with Gasteiger partial charge >= 0.3 is 6.09 Å². The second kappa shape index (κ2) is 10.7. The molecule has 10 heteroatoms. The number of rotatable bonds is 4. The van der Waals surface area contributed by atoms with E-state index in [0.29, 0.717) is 56.1 Å². The van der Waals surface area contributed by atoms with Crippen LogP contribution in [0.2, 0.25) is 0 Å². The van der Waals surface area contributed by atoms with Crippen LogP contribution in [-0.2, 0) is 24.3 Å². The molecule has 0 aliphatic carbocycles. The van der Waals surface area contributed by atoms with Crippen molar-refractivity contribution in [3.63, 3.8) is 0 Å². The Morgan fingerprint density at radius 1 is 1.02 bits per heavy atom. The first-order chi connectivity index (χ1) is 19.5. The summed E-state index contributed by atoms with van der Waals surface area (Å²) in [6.45, 7) is 4.92. The van der Waals surface area contributed by atoms with E-state index in [4.69, 9.17) is 4.74 Å². The molecule has 1 saturated heterocycles. The minimum atomic E-state index is -0.407. The van der Waals surface area contributed by atoms with Gasteiger partial charge in [-0.05, 0) is 60.9 Å². The number of pyridine rings is 1. The van der Waals surface area contributed by atoms with Gasteiger partial charge in [0.25, 0.3) is 0 Å². The summed E-state index contributed by atoms with van der Waals surface area (Å²) in [5.74, 6) is 0.521. The average Bonchev–Trinajstić information content (AvgIpc) is 3.39. The summed E-state index contributed by atoms with van der Waals surface area (Å²) >= 11 is 0. The number of imidazole rings is 1. The van der Waals surface area contributed by atoms with Gasteiger partial charge in [0.2, 0.25) is 5.91 Å². The van der Waals surface area contributed by atoms with Gasteiger partial charge < -0.3 is 24.0 Å². The number of carbonyl (C=O) groups excluding carboxylic acids is 2. The van der Waals surface area contributed by atoms with Crippen LogP contribution in [0.3, 0.4) is 0 Å². The topological polar surface area (TPSA) is 108 Å². The van der Waals surface area contributed by atoms with Crippen molar-refractivity contribution in [3.05, 3.63) is 83.8 Å². The first kappa shape index (κ1) is 25.4. The van der Waals surface area contributed by atoms with E-state index in [-0.39, 0.29) is 18.5 Å². The number of hydrogen-bond donors (Lipinski definition) is 0. The maximum atomic E-state index is 13.3. The fourth-order valence-electron chi connectivity index (χ4n) is 5.67. The lowest BCUT2D eigenvalue weighted by atomic mass is 9.92. The van der Waals surface area contributed by atoms with Gasteiger partial charge in [-0.25, -0.2) is 14.8 Å². The number of anilines is 1. The lowest BCUT2D eigenvalue weighted by molar-refractivity contribution is -0.134. The maximum absolute atomic E-state index is 13.3. The number of hydrogen-bond acceptors (Lipinski definition) is 7. The summed E-state index contributed by atoms with van der Waals surface area (Å²) in [5.41, 5.74) is 5.04. The monoisotopic (exact) mass is 535 g/mol. The van der Waals surface area contributed by atoms with Crippen LogP contribution >= 0.6 is 0 Å². The van der Waals surface area contributed by atoms with Crippen LogP contribution in [0.25, 0.3) is 11.2 Å². The second-order valence-electron chi connectivity index (χ2n) is 10.2. The second-order valence-corrected chi connectivity index (χ2v) is 10.2. The molecule has 6 rings (SSSR count). The predicted molar refractivity (Wildman–Crippen MR) is 149 cm³/mol. The smallest absolute Gasteiger partial charge is 0.410 e. The highest BCUT2D eigenvalue weighted by atomic mass is 16.6. The summed E-state index contributed by atoms with van der Waals surface area (Å²) in [6.07, 6.45) is 3.54. The Labute approximate surface area is 232 Å². The fourth-order valence-corrected chi connectivity index (χ4v) is 5.67. The van der Waals surface area contributed by atoms with Gasteiger partial charge in [0.15, 0.2) is 5.65 Å². The van der Waals surface area contributed by atoms with Crippen molar-refractivity contribution in [2.75, 3.05) is 31.1 Å². The van der Waals surface area contributed by atoms with E-state index in [9.17, 15) is 14.9 Å². The van der Waals surface area contributed by atoms with Crippen LogP contribution in [0.15, 0.2) is 67.1 Å². The zero-order chi connectivity index (χ0) is 27.6. The molecule has 2 aromatic heterocycles. The van der Waals surface area contributed by atoms with Gasteiger partial charge in [-0.1, -0.05) is 18.2 Å². The third-order valence-electron chi connectivity index (χ3n) is 7.68. The molecular weight excluding hydrogens is 506 g/mol. The van der Waals surface area contributed by atoms with Gasteiger partial charge in [-0.3, -0.25) is 4.79 Å². The van der Waals surface area contributed by atoms with Crippen molar-refractivity contribution < 1.29 is 14.3 Å². The van der Waals surface area contributed by atoms with E-state index >= 15 is 0 Å². The summed E-state index contributed by atoms with van der Waals surface area (Å²) in [5, 5.41) is 9.75. The first-order valence-electron chi connectivity index (χ1n) is 13.4. The summed E-state index contributed by atoms with van der Waals surface area (Å²) in [6, 6.07) is 18.9. The Kier molecular flexibility index (Phi) is 6.78. The first-order valence-corrected chi connectivity index (χ1v) is 13.4. The Hall–Kier alpha value is -4.91. The molecule has 0 bridgehead atoms. The lowest BCUT2D eigenvalue weighted by Gasteiger charge is -2.42. The molecule has 40 heavy (non-hydrogen) atoms. The molecular formula is C30H29N7O3. The molecule has 10 nitrogen and oxygen atoms in total. The Bertz CT molecular complexity index is 1610. The highest BCUT2D eigenvalue weighted by molar-refractivity contribution is 5.79. The van der Waals surface area contributed by atoms with Crippen molar-refractivity contribution in [3.8, 4) is 11.8 Å². The highest BCUT2D eigenvalue weighted by Crippen LogP contribution is 2.33. The van der Waals surface area contributed by atoms with Crippen LogP contribution < -0.4 is 9.64 Å². The number of nitrogens with zero attached hydrogens (tertiary/aromatic N) is 7. The number of ether oxygens (including phenoxy) is 1. The molecule has 0 N–H and O–H groups in total. The molecule has 202 valence electrons. The summed E-state index contributed by atoms with van der Waals surface area (Å²) in [7, 11) is 0. The number of fused-ring (bicyclic) bond motifs is 2. The molecule has 2 aliphatic rings. The summed E-state index contributed by atoms with van der Waals surface area (Å²) in [4.78, 5) is 40.8. The van der Waals surface area contributed by atoms with E-state index in [1.807, 2.05) is 54.3 Å². The van der Waals surface area contributed by atoms with Gasteiger partial charge in [-0.2, -0.15) is 5.26 Å². The molecule has 2 aromatic carbocycles. The number of para-hydroxylation sites is 1. The average molecular weight is 536 g/mol. The van der Waals surface area contributed by atoms with Gasteiger partial charge in [0.05, 0.1) is 24.5 Å². The van der Waals surface area contributed by atoms with Crippen LogP contribution in [0.4, 0.5) is 10.5 Å². The van der Waals surface area contributed by atoms with E-state index in [1.165, 1.54) is 0 Å². The standard InChI is InChI=1S/C30H29N7O3/c1-21-17-34(14-15-37(21)28(38)19-36-20-33-26-8-5-12-32-29(26)36)27-10-9-22(16-31)24-11-13-35(18-25(24)27)30(39)40-23-6-3-2-4-7-23/h2-10,12,20-21H,11,13-15,17-19H2,1H3/t21-/m1/s1. The summed E-state index contributed by atoms with van der Waals surface area (Å²) < 4.78 is 7.38. The third kappa shape index (κ3) is 4.82. The molecule has 0 saturated carbocycles. The molecule has 2 aliphatic heterocycles. The zero-order valence-electron chi connectivity index (χ0n) is 22.2. The molecule has 0 spiro atoms. The van der Waals surface area contributed by atoms with E-state index in [2.05, 4.69) is 20.9 Å². The Morgan fingerprint density at radius 3 is 2.67 bits per heavy atom. The molecule has 4 heterocycles. The van der Waals surface area contributed by atoms with Crippen molar-refractivity contribution in [2.24, 2.45) is 0 Å². The number of amides is 2. The van der Waals surface area contributed by atoms with E-state index in [1.54, 1.807) is 34.1 Å². The largest absolute Gasteiger partial charge is 0.415 e. The minimum absolute atomic E-state index is 0.0220. The molecule has 0 radical (unpaired) electrons. The number of benzene rings is 2. The van der Waals surface area contributed by atoms with E-state index < -0.39 is 6.09 Å². The Morgan fingerprint density at radius 2 is 1.88 bits per heavy atom. The maximum Gasteiger partial charge on any atom is 0.415 e. The molecule has 1 atom stereocenters.